The molecule has 0 atom stereocenters. The summed E-state index contributed by atoms with van der Waals surface area (Å²) in [5.74, 6) is 0.384. The SMILES string of the molecule is CCCCN/C(=N\Cc1cccc(Cl)c1)NC(=N)N. The standard InChI is InChI=1S/C13H20ClN5/c1-2-3-7-17-13(19-12(15)16)18-9-10-5-4-6-11(14)8-10/h4-6,8H,2-3,7,9H2,1H3,(H5,15,16,17,18,19). The van der Waals surface area contributed by atoms with E-state index in [0.29, 0.717) is 17.5 Å². The molecule has 5 N–H and O–H groups in total. The van der Waals surface area contributed by atoms with E-state index in [0.717, 1.165) is 24.9 Å². The van der Waals surface area contributed by atoms with Crippen LogP contribution >= 0.6 is 11.6 Å². The third kappa shape index (κ3) is 6.67. The molecule has 0 saturated carbocycles. The molecular weight excluding hydrogens is 262 g/mol. The van der Waals surface area contributed by atoms with Crippen LogP contribution in [0.1, 0.15) is 25.3 Å². The fourth-order valence-corrected chi connectivity index (χ4v) is 1.67. The maximum Gasteiger partial charge on any atom is 0.198 e. The third-order valence-electron chi connectivity index (χ3n) is 2.38. The van der Waals surface area contributed by atoms with E-state index in [4.69, 9.17) is 22.7 Å². The number of guanidine groups is 2. The topological polar surface area (TPSA) is 86.3 Å². The monoisotopic (exact) mass is 281 g/mol. The molecule has 0 radical (unpaired) electrons. The average Bonchev–Trinajstić information content (AvgIpc) is 2.35. The molecule has 0 saturated heterocycles. The molecule has 0 aromatic heterocycles. The Morgan fingerprint density at radius 2 is 2.26 bits per heavy atom. The first-order valence-electron chi connectivity index (χ1n) is 6.25. The maximum atomic E-state index is 7.25. The minimum atomic E-state index is -0.131. The first-order chi connectivity index (χ1) is 9.11. The largest absolute Gasteiger partial charge is 0.370 e. The summed E-state index contributed by atoms with van der Waals surface area (Å²) < 4.78 is 0. The van der Waals surface area contributed by atoms with Crippen LogP contribution in [0.4, 0.5) is 0 Å². The van der Waals surface area contributed by atoms with Crippen LogP contribution in [0.2, 0.25) is 5.02 Å². The number of nitrogens with one attached hydrogen (secondary N) is 3. The van der Waals surface area contributed by atoms with Crippen LogP contribution in [0.5, 0.6) is 0 Å². The molecule has 0 heterocycles. The lowest BCUT2D eigenvalue weighted by Gasteiger charge is -2.10. The molecule has 0 amide bonds. The van der Waals surface area contributed by atoms with E-state index < -0.39 is 0 Å². The van der Waals surface area contributed by atoms with Gasteiger partial charge in [-0.25, -0.2) is 4.99 Å². The van der Waals surface area contributed by atoms with Crippen molar-refractivity contribution in [2.24, 2.45) is 10.7 Å². The number of hydrogen-bond donors (Lipinski definition) is 4. The highest BCUT2D eigenvalue weighted by Crippen LogP contribution is 2.11. The molecule has 0 fully saturated rings. The van der Waals surface area contributed by atoms with Gasteiger partial charge in [-0.05, 0) is 24.1 Å². The van der Waals surface area contributed by atoms with Gasteiger partial charge >= 0.3 is 0 Å². The molecule has 104 valence electrons. The Morgan fingerprint density at radius 3 is 2.89 bits per heavy atom. The average molecular weight is 282 g/mol. The van der Waals surface area contributed by atoms with Crippen LogP contribution in [-0.4, -0.2) is 18.5 Å². The van der Waals surface area contributed by atoms with Crippen LogP contribution < -0.4 is 16.4 Å². The van der Waals surface area contributed by atoms with Gasteiger partial charge in [0.1, 0.15) is 0 Å². The van der Waals surface area contributed by atoms with Crippen molar-refractivity contribution in [1.29, 1.82) is 5.41 Å². The van der Waals surface area contributed by atoms with Gasteiger partial charge < -0.3 is 11.1 Å². The molecule has 0 spiro atoms. The lowest BCUT2D eigenvalue weighted by atomic mass is 10.2. The molecule has 5 nitrogen and oxygen atoms in total. The van der Waals surface area contributed by atoms with E-state index in [-0.39, 0.29) is 5.96 Å². The van der Waals surface area contributed by atoms with Crippen molar-refractivity contribution in [3.8, 4) is 0 Å². The van der Waals surface area contributed by atoms with E-state index >= 15 is 0 Å². The Hall–Kier alpha value is -1.75. The van der Waals surface area contributed by atoms with E-state index in [1.807, 2.05) is 24.3 Å². The zero-order valence-corrected chi connectivity index (χ0v) is 11.8. The van der Waals surface area contributed by atoms with E-state index in [2.05, 4.69) is 22.5 Å². The van der Waals surface area contributed by atoms with Crippen molar-refractivity contribution in [3.05, 3.63) is 34.9 Å². The Morgan fingerprint density at radius 1 is 1.47 bits per heavy atom. The molecule has 0 aliphatic carbocycles. The van der Waals surface area contributed by atoms with Crippen LogP contribution in [0, 0.1) is 5.41 Å². The van der Waals surface area contributed by atoms with E-state index in [9.17, 15) is 0 Å². The van der Waals surface area contributed by atoms with E-state index in [1.165, 1.54) is 0 Å². The summed E-state index contributed by atoms with van der Waals surface area (Å²) in [5.41, 5.74) is 6.33. The van der Waals surface area contributed by atoms with Crippen molar-refractivity contribution in [2.45, 2.75) is 26.3 Å². The molecule has 1 aromatic rings. The van der Waals surface area contributed by atoms with Crippen LogP contribution in [-0.2, 0) is 6.54 Å². The lowest BCUT2D eigenvalue weighted by Crippen LogP contribution is -2.44. The van der Waals surface area contributed by atoms with Crippen LogP contribution in [0.3, 0.4) is 0 Å². The van der Waals surface area contributed by atoms with Crippen LogP contribution in [0.25, 0.3) is 0 Å². The van der Waals surface area contributed by atoms with Crippen molar-refractivity contribution in [1.82, 2.24) is 10.6 Å². The molecule has 1 rings (SSSR count). The normalized spacial score (nSPS) is 11.2. The predicted molar refractivity (Wildman–Crippen MR) is 80.6 cm³/mol. The van der Waals surface area contributed by atoms with Gasteiger partial charge in [-0.3, -0.25) is 10.7 Å². The van der Waals surface area contributed by atoms with Gasteiger partial charge in [-0.2, -0.15) is 0 Å². The summed E-state index contributed by atoms with van der Waals surface area (Å²) in [5, 5.41) is 13.7. The molecule has 0 aliphatic heterocycles. The summed E-state index contributed by atoms with van der Waals surface area (Å²) in [6.45, 7) is 3.39. The first kappa shape index (κ1) is 15.3. The summed E-state index contributed by atoms with van der Waals surface area (Å²) in [4.78, 5) is 4.36. The number of rotatable bonds is 5. The van der Waals surface area contributed by atoms with Gasteiger partial charge in [0.2, 0.25) is 0 Å². The van der Waals surface area contributed by atoms with Gasteiger partial charge in [0.15, 0.2) is 11.9 Å². The smallest absolute Gasteiger partial charge is 0.198 e. The number of halogens is 1. The molecule has 0 unspecified atom stereocenters. The molecular formula is C13H20ClN5. The van der Waals surface area contributed by atoms with Crippen molar-refractivity contribution >= 4 is 23.5 Å². The second-order valence-corrected chi connectivity index (χ2v) is 4.55. The van der Waals surface area contributed by atoms with Gasteiger partial charge in [0, 0.05) is 11.6 Å². The molecule has 0 bridgehead atoms. The number of benzene rings is 1. The summed E-state index contributed by atoms with van der Waals surface area (Å²) in [6, 6.07) is 7.52. The minimum absolute atomic E-state index is 0.131. The Balaban J connectivity index is 2.62. The highest BCUT2D eigenvalue weighted by molar-refractivity contribution is 6.30. The number of nitrogens with two attached hydrogens (primary N) is 1. The number of nitrogens with zero attached hydrogens (tertiary/aromatic N) is 1. The zero-order valence-electron chi connectivity index (χ0n) is 11.0. The fraction of sp³-hybridized carbons (Fsp3) is 0.385. The van der Waals surface area contributed by atoms with Crippen molar-refractivity contribution < 1.29 is 0 Å². The van der Waals surface area contributed by atoms with Gasteiger partial charge in [0.05, 0.1) is 6.54 Å². The molecule has 19 heavy (non-hydrogen) atoms. The van der Waals surface area contributed by atoms with Gasteiger partial charge in [-0.15, -0.1) is 0 Å². The highest BCUT2D eigenvalue weighted by atomic mass is 35.5. The van der Waals surface area contributed by atoms with Crippen molar-refractivity contribution in [2.75, 3.05) is 6.54 Å². The third-order valence-corrected chi connectivity index (χ3v) is 2.62. The summed E-state index contributed by atoms with van der Waals surface area (Å²) in [7, 11) is 0. The van der Waals surface area contributed by atoms with Gasteiger partial charge in [-0.1, -0.05) is 37.1 Å². The Bertz CT molecular complexity index is 444. The summed E-state index contributed by atoms with van der Waals surface area (Å²) >= 11 is 5.91. The Labute approximate surface area is 118 Å². The van der Waals surface area contributed by atoms with E-state index in [1.54, 1.807) is 0 Å². The number of hydrogen-bond acceptors (Lipinski definition) is 2. The second kappa shape index (κ2) is 8.37. The second-order valence-electron chi connectivity index (χ2n) is 4.11. The fourth-order valence-electron chi connectivity index (χ4n) is 1.46. The maximum absolute atomic E-state index is 7.25. The quantitative estimate of drug-likeness (QED) is 0.379. The lowest BCUT2D eigenvalue weighted by molar-refractivity contribution is 0.742. The molecule has 1 aromatic carbocycles. The minimum Gasteiger partial charge on any atom is -0.370 e. The summed E-state index contributed by atoms with van der Waals surface area (Å²) in [6.07, 6.45) is 2.13. The molecule has 0 aliphatic rings. The number of aliphatic imine (C=N–C) groups is 1. The highest BCUT2D eigenvalue weighted by Gasteiger charge is 1.99. The predicted octanol–water partition coefficient (Wildman–Crippen LogP) is 2.07. The van der Waals surface area contributed by atoms with Crippen molar-refractivity contribution in [3.63, 3.8) is 0 Å². The first-order valence-corrected chi connectivity index (χ1v) is 6.63. The van der Waals surface area contributed by atoms with Gasteiger partial charge in [0.25, 0.3) is 0 Å². The molecule has 6 heteroatoms. The Kier molecular flexibility index (Phi) is 6.74. The number of unbranched alkanes of at least 4 members (excludes halogenated alkanes) is 1. The zero-order chi connectivity index (χ0) is 14.1. The van der Waals surface area contributed by atoms with Crippen LogP contribution in [0.15, 0.2) is 29.3 Å².